The van der Waals surface area contributed by atoms with E-state index in [0.29, 0.717) is 10.6 Å². The van der Waals surface area contributed by atoms with Crippen molar-refractivity contribution in [1.29, 1.82) is 0 Å². The highest BCUT2D eigenvalue weighted by Crippen LogP contribution is 2.28. The second kappa shape index (κ2) is 4.02. The van der Waals surface area contributed by atoms with Gasteiger partial charge in [0.05, 0.1) is 0 Å². The number of benzene rings is 1. The summed E-state index contributed by atoms with van der Waals surface area (Å²) >= 11 is 5.71. The SMILES string of the molecule is O=C1OCN(C(=O)O)C1c1ccc(Cl)cc1. The minimum absolute atomic E-state index is 0.235. The zero-order valence-corrected chi connectivity index (χ0v) is 8.85. The van der Waals surface area contributed by atoms with E-state index in [9.17, 15) is 9.59 Å². The van der Waals surface area contributed by atoms with Gasteiger partial charge in [-0.2, -0.15) is 0 Å². The molecule has 1 aliphatic heterocycles. The lowest BCUT2D eigenvalue weighted by Crippen LogP contribution is -2.30. The highest BCUT2D eigenvalue weighted by molar-refractivity contribution is 6.30. The largest absolute Gasteiger partial charge is 0.465 e. The second-order valence-electron chi connectivity index (χ2n) is 3.30. The van der Waals surface area contributed by atoms with Gasteiger partial charge in [0.15, 0.2) is 12.8 Å². The second-order valence-corrected chi connectivity index (χ2v) is 3.74. The van der Waals surface area contributed by atoms with Crippen LogP contribution in [0.4, 0.5) is 4.79 Å². The van der Waals surface area contributed by atoms with E-state index in [-0.39, 0.29) is 6.73 Å². The minimum atomic E-state index is -1.19. The van der Waals surface area contributed by atoms with E-state index in [2.05, 4.69) is 0 Å². The molecule has 1 aliphatic rings. The standard InChI is InChI=1S/C10H8ClNO4/c11-7-3-1-6(2-4-7)8-9(13)16-5-12(8)10(14)15/h1-4,8H,5H2,(H,14,15). The summed E-state index contributed by atoms with van der Waals surface area (Å²) in [6, 6.07) is 5.52. The molecule has 6 heteroatoms. The molecule has 0 spiro atoms. The van der Waals surface area contributed by atoms with Crippen molar-refractivity contribution in [2.24, 2.45) is 0 Å². The fourth-order valence-corrected chi connectivity index (χ4v) is 1.67. The average Bonchev–Trinajstić information content (AvgIpc) is 2.62. The number of cyclic esters (lactones) is 1. The molecule has 1 aromatic rings. The van der Waals surface area contributed by atoms with Gasteiger partial charge in [0.25, 0.3) is 0 Å². The van der Waals surface area contributed by atoms with Crippen LogP contribution in [-0.4, -0.2) is 28.8 Å². The van der Waals surface area contributed by atoms with Crippen molar-refractivity contribution in [3.8, 4) is 0 Å². The summed E-state index contributed by atoms with van der Waals surface area (Å²) in [5, 5.41) is 9.41. The maximum atomic E-state index is 11.4. The minimum Gasteiger partial charge on any atom is -0.465 e. The smallest absolute Gasteiger partial charge is 0.411 e. The monoisotopic (exact) mass is 241 g/mol. The van der Waals surface area contributed by atoms with Crippen molar-refractivity contribution in [3.05, 3.63) is 34.9 Å². The summed E-state index contributed by atoms with van der Waals surface area (Å²) in [6.45, 7) is -0.235. The third-order valence-electron chi connectivity index (χ3n) is 2.31. The van der Waals surface area contributed by atoms with Crippen LogP contribution in [0.25, 0.3) is 0 Å². The molecular weight excluding hydrogens is 234 g/mol. The molecule has 1 aromatic carbocycles. The van der Waals surface area contributed by atoms with Crippen molar-refractivity contribution in [3.63, 3.8) is 0 Å². The first-order valence-corrected chi connectivity index (χ1v) is 4.89. The number of carbonyl (C=O) groups excluding carboxylic acids is 1. The summed E-state index contributed by atoms with van der Waals surface area (Å²) in [5.41, 5.74) is 0.550. The Labute approximate surface area is 96.2 Å². The molecule has 1 atom stereocenters. The van der Waals surface area contributed by atoms with Crippen LogP contribution < -0.4 is 0 Å². The van der Waals surface area contributed by atoms with E-state index in [0.717, 1.165) is 4.90 Å². The molecule has 1 amide bonds. The molecule has 2 rings (SSSR count). The van der Waals surface area contributed by atoms with Crippen molar-refractivity contribution in [2.45, 2.75) is 6.04 Å². The predicted octanol–water partition coefficient (Wildman–Crippen LogP) is 1.88. The number of hydrogen-bond acceptors (Lipinski definition) is 3. The van der Waals surface area contributed by atoms with Crippen LogP contribution in [-0.2, 0) is 9.53 Å². The lowest BCUT2D eigenvalue weighted by molar-refractivity contribution is -0.139. The van der Waals surface area contributed by atoms with Gasteiger partial charge in [-0.05, 0) is 17.7 Å². The van der Waals surface area contributed by atoms with Gasteiger partial charge in [-0.3, -0.25) is 4.90 Å². The molecule has 1 saturated heterocycles. The Morgan fingerprint density at radius 1 is 1.44 bits per heavy atom. The molecule has 0 aliphatic carbocycles. The Bertz CT molecular complexity index is 431. The van der Waals surface area contributed by atoms with Crippen molar-refractivity contribution < 1.29 is 19.4 Å². The number of hydrogen-bond donors (Lipinski definition) is 1. The quantitative estimate of drug-likeness (QED) is 0.763. The molecule has 1 N–H and O–H groups in total. The third kappa shape index (κ3) is 1.81. The van der Waals surface area contributed by atoms with E-state index < -0.39 is 18.1 Å². The Balaban J connectivity index is 2.33. The van der Waals surface area contributed by atoms with Gasteiger partial charge in [-0.15, -0.1) is 0 Å². The van der Waals surface area contributed by atoms with E-state index in [1.165, 1.54) is 0 Å². The normalized spacial score (nSPS) is 19.7. The van der Waals surface area contributed by atoms with Gasteiger partial charge in [0.2, 0.25) is 0 Å². The molecular formula is C10H8ClNO4. The predicted molar refractivity (Wildman–Crippen MR) is 55.0 cm³/mol. The van der Waals surface area contributed by atoms with Crippen molar-refractivity contribution in [1.82, 2.24) is 4.90 Å². The molecule has 16 heavy (non-hydrogen) atoms. The number of nitrogens with zero attached hydrogens (tertiary/aromatic N) is 1. The van der Waals surface area contributed by atoms with E-state index in [4.69, 9.17) is 21.4 Å². The first kappa shape index (κ1) is 10.8. The van der Waals surface area contributed by atoms with Crippen molar-refractivity contribution >= 4 is 23.7 Å². The van der Waals surface area contributed by atoms with Gasteiger partial charge < -0.3 is 9.84 Å². The first-order valence-electron chi connectivity index (χ1n) is 4.51. The van der Waals surface area contributed by atoms with Gasteiger partial charge in [0, 0.05) is 5.02 Å². The van der Waals surface area contributed by atoms with Crippen LogP contribution in [0.1, 0.15) is 11.6 Å². The Morgan fingerprint density at radius 3 is 2.62 bits per heavy atom. The van der Waals surface area contributed by atoms with Gasteiger partial charge in [0.1, 0.15) is 0 Å². The summed E-state index contributed by atoms with van der Waals surface area (Å²) in [5.74, 6) is -0.565. The lowest BCUT2D eigenvalue weighted by Gasteiger charge is -2.16. The Kier molecular flexibility index (Phi) is 2.70. The fraction of sp³-hybridized carbons (Fsp3) is 0.200. The van der Waals surface area contributed by atoms with E-state index in [1.807, 2.05) is 0 Å². The summed E-state index contributed by atoms with van der Waals surface area (Å²) in [4.78, 5) is 23.2. The van der Waals surface area contributed by atoms with Crippen molar-refractivity contribution in [2.75, 3.05) is 6.73 Å². The maximum Gasteiger partial charge on any atom is 0.411 e. The van der Waals surface area contributed by atoms with Crippen LogP contribution >= 0.6 is 11.6 Å². The maximum absolute atomic E-state index is 11.4. The molecule has 0 radical (unpaired) electrons. The number of carboxylic acid groups (broad SMARTS) is 1. The molecule has 0 aromatic heterocycles. The lowest BCUT2D eigenvalue weighted by atomic mass is 10.1. The average molecular weight is 242 g/mol. The highest BCUT2D eigenvalue weighted by atomic mass is 35.5. The molecule has 1 heterocycles. The highest BCUT2D eigenvalue weighted by Gasteiger charge is 2.38. The number of halogens is 1. The first-order chi connectivity index (χ1) is 7.59. The topological polar surface area (TPSA) is 66.8 Å². The summed E-state index contributed by atoms with van der Waals surface area (Å²) < 4.78 is 4.70. The van der Waals surface area contributed by atoms with Gasteiger partial charge >= 0.3 is 12.1 Å². The fourth-order valence-electron chi connectivity index (χ4n) is 1.54. The molecule has 1 unspecified atom stereocenters. The molecule has 1 fully saturated rings. The van der Waals surface area contributed by atoms with Crippen LogP contribution in [0, 0.1) is 0 Å². The zero-order valence-electron chi connectivity index (χ0n) is 8.09. The molecule has 5 nitrogen and oxygen atoms in total. The summed E-state index contributed by atoms with van der Waals surface area (Å²) in [6.07, 6.45) is -1.19. The van der Waals surface area contributed by atoms with Crippen LogP contribution in [0.2, 0.25) is 5.02 Å². The molecule has 84 valence electrons. The van der Waals surface area contributed by atoms with Crippen LogP contribution in [0.15, 0.2) is 24.3 Å². The Morgan fingerprint density at radius 2 is 2.06 bits per heavy atom. The summed E-state index contributed by atoms with van der Waals surface area (Å²) in [7, 11) is 0. The number of esters is 1. The number of ether oxygens (including phenoxy) is 1. The van der Waals surface area contributed by atoms with Crippen LogP contribution in [0.3, 0.4) is 0 Å². The van der Waals surface area contributed by atoms with E-state index >= 15 is 0 Å². The number of rotatable bonds is 1. The molecule has 0 saturated carbocycles. The number of carbonyl (C=O) groups is 2. The van der Waals surface area contributed by atoms with Gasteiger partial charge in [-0.1, -0.05) is 23.7 Å². The Hall–Kier alpha value is -1.75. The third-order valence-corrected chi connectivity index (χ3v) is 2.56. The number of amides is 1. The van der Waals surface area contributed by atoms with E-state index in [1.54, 1.807) is 24.3 Å². The van der Waals surface area contributed by atoms with Gasteiger partial charge in [-0.25, -0.2) is 9.59 Å². The molecule has 0 bridgehead atoms. The van der Waals surface area contributed by atoms with Crippen LogP contribution in [0.5, 0.6) is 0 Å². The zero-order chi connectivity index (χ0) is 11.7.